The zero-order valence-corrected chi connectivity index (χ0v) is 23.2. The van der Waals surface area contributed by atoms with Crippen LogP contribution in [0.25, 0.3) is 0 Å². The number of rotatable bonds is 7. The van der Waals surface area contributed by atoms with Gasteiger partial charge in [0.15, 0.2) is 0 Å². The molecule has 4 fully saturated rings. The van der Waals surface area contributed by atoms with Gasteiger partial charge in [0, 0.05) is 18.7 Å². The first-order valence-electron chi connectivity index (χ1n) is 14.0. The van der Waals surface area contributed by atoms with Gasteiger partial charge < -0.3 is 10.4 Å². The van der Waals surface area contributed by atoms with Crippen LogP contribution in [0, 0.1) is 45.3 Å². The van der Waals surface area contributed by atoms with E-state index in [9.17, 15) is 9.90 Å². The summed E-state index contributed by atoms with van der Waals surface area (Å²) in [5.74, 6) is 4.18. The minimum Gasteiger partial charge on any atom is -0.393 e. The standard InChI is InChI=1S/C29H51NO2S/c1-20(7-10-25(32)30-17-18-33-6)26(2)14-12-24-23-9-8-21-19-22(31)11-13-27(21,3)29(23,5)16-15-28(24,26)4/h20-24,31H,7-19H2,1-6H3,(H,30,32)/t20-,21-,22-,23+,24+,26-,27+,28+,29+/m1/s1. The summed E-state index contributed by atoms with van der Waals surface area (Å²) < 4.78 is 0. The molecule has 3 nitrogen and oxygen atoms in total. The lowest BCUT2D eigenvalue weighted by Gasteiger charge is -2.68. The van der Waals surface area contributed by atoms with E-state index >= 15 is 0 Å². The number of nitrogens with one attached hydrogen (secondary N) is 1. The molecule has 0 radical (unpaired) electrons. The summed E-state index contributed by atoms with van der Waals surface area (Å²) in [5.41, 5.74) is 1.55. The van der Waals surface area contributed by atoms with Crippen LogP contribution in [-0.4, -0.2) is 35.7 Å². The molecule has 33 heavy (non-hydrogen) atoms. The fourth-order valence-corrected chi connectivity index (χ4v) is 10.1. The summed E-state index contributed by atoms with van der Waals surface area (Å²) in [6.07, 6.45) is 15.1. The van der Waals surface area contributed by atoms with Gasteiger partial charge in [0.25, 0.3) is 0 Å². The van der Waals surface area contributed by atoms with Gasteiger partial charge in [-0.2, -0.15) is 11.8 Å². The summed E-state index contributed by atoms with van der Waals surface area (Å²) in [5, 5.41) is 13.5. The second kappa shape index (κ2) is 9.34. The molecule has 0 aliphatic heterocycles. The van der Waals surface area contributed by atoms with Crippen molar-refractivity contribution in [3.8, 4) is 0 Å². The van der Waals surface area contributed by atoms with E-state index in [-0.39, 0.29) is 12.0 Å². The number of thioether (sulfide) groups is 1. The second-order valence-corrected chi connectivity index (χ2v) is 14.4. The van der Waals surface area contributed by atoms with Crippen LogP contribution in [0.1, 0.15) is 105 Å². The van der Waals surface area contributed by atoms with E-state index in [1.54, 1.807) is 11.8 Å². The van der Waals surface area contributed by atoms with Crippen molar-refractivity contribution in [3.05, 3.63) is 0 Å². The van der Waals surface area contributed by atoms with Crippen molar-refractivity contribution in [2.24, 2.45) is 45.3 Å². The first-order chi connectivity index (χ1) is 15.5. The lowest BCUT2D eigenvalue weighted by Crippen LogP contribution is -2.61. The molecule has 9 atom stereocenters. The Bertz CT molecular complexity index is 728. The van der Waals surface area contributed by atoms with Gasteiger partial charge in [0.1, 0.15) is 0 Å². The lowest BCUT2D eigenvalue weighted by atomic mass is 9.37. The van der Waals surface area contributed by atoms with Gasteiger partial charge in [0.05, 0.1) is 6.10 Å². The fraction of sp³-hybridized carbons (Fsp3) is 0.966. The molecule has 4 aliphatic carbocycles. The highest BCUT2D eigenvalue weighted by molar-refractivity contribution is 7.98. The molecule has 0 unspecified atom stereocenters. The average Bonchev–Trinajstić information content (AvgIpc) is 3.05. The Morgan fingerprint density at radius 3 is 2.39 bits per heavy atom. The normalized spacial score (nSPS) is 47.8. The Morgan fingerprint density at radius 1 is 0.970 bits per heavy atom. The third-order valence-electron chi connectivity index (χ3n) is 12.7. The van der Waals surface area contributed by atoms with Crippen molar-refractivity contribution in [2.45, 2.75) is 111 Å². The molecule has 1 amide bonds. The number of fused-ring (bicyclic) bond motifs is 5. The number of aliphatic hydroxyl groups excluding tert-OH is 1. The van der Waals surface area contributed by atoms with Gasteiger partial charge in [-0.05, 0) is 116 Å². The van der Waals surface area contributed by atoms with Gasteiger partial charge in [-0.1, -0.05) is 34.6 Å². The van der Waals surface area contributed by atoms with Gasteiger partial charge in [-0.3, -0.25) is 4.79 Å². The van der Waals surface area contributed by atoms with Crippen molar-refractivity contribution in [3.63, 3.8) is 0 Å². The highest BCUT2D eigenvalue weighted by Gasteiger charge is 2.68. The van der Waals surface area contributed by atoms with Gasteiger partial charge in [-0.15, -0.1) is 0 Å². The molecular formula is C29H51NO2S. The van der Waals surface area contributed by atoms with E-state index in [1.165, 1.54) is 44.9 Å². The Kier molecular flexibility index (Phi) is 7.32. The number of hydrogen-bond donors (Lipinski definition) is 2. The van der Waals surface area contributed by atoms with Crippen LogP contribution >= 0.6 is 11.8 Å². The van der Waals surface area contributed by atoms with Gasteiger partial charge in [-0.25, -0.2) is 0 Å². The van der Waals surface area contributed by atoms with Crippen molar-refractivity contribution in [2.75, 3.05) is 18.6 Å². The molecule has 4 aliphatic rings. The van der Waals surface area contributed by atoms with Crippen molar-refractivity contribution < 1.29 is 9.90 Å². The summed E-state index contributed by atoms with van der Waals surface area (Å²) in [6, 6.07) is 0. The van der Waals surface area contributed by atoms with E-state index in [2.05, 4.69) is 46.2 Å². The highest BCUT2D eigenvalue weighted by atomic mass is 32.2. The predicted molar refractivity (Wildman–Crippen MR) is 140 cm³/mol. The van der Waals surface area contributed by atoms with Crippen LogP contribution in [0.4, 0.5) is 0 Å². The van der Waals surface area contributed by atoms with Crippen molar-refractivity contribution >= 4 is 17.7 Å². The molecule has 190 valence electrons. The molecule has 0 aromatic rings. The largest absolute Gasteiger partial charge is 0.393 e. The minimum absolute atomic E-state index is 0.0642. The van der Waals surface area contributed by atoms with Crippen molar-refractivity contribution in [1.29, 1.82) is 0 Å². The van der Waals surface area contributed by atoms with Crippen molar-refractivity contribution in [1.82, 2.24) is 5.32 Å². The Morgan fingerprint density at radius 2 is 1.67 bits per heavy atom. The van der Waals surface area contributed by atoms with Crippen LogP contribution < -0.4 is 5.32 Å². The smallest absolute Gasteiger partial charge is 0.220 e. The van der Waals surface area contributed by atoms with E-state index in [4.69, 9.17) is 0 Å². The molecule has 0 aromatic carbocycles. The number of hydrogen-bond acceptors (Lipinski definition) is 3. The summed E-state index contributed by atoms with van der Waals surface area (Å²) in [4.78, 5) is 12.4. The predicted octanol–water partition coefficient (Wildman–Crippen LogP) is 6.68. The zero-order chi connectivity index (χ0) is 24.1. The number of carbonyl (C=O) groups is 1. The highest BCUT2D eigenvalue weighted by Crippen LogP contribution is 2.75. The number of aliphatic hydroxyl groups is 1. The zero-order valence-electron chi connectivity index (χ0n) is 22.3. The van der Waals surface area contributed by atoms with Crippen LogP contribution in [0.5, 0.6) is 0 Å². The summed E-state index contributed by atoms with van der Waals surface area (Å²) in [7, 11) is 0. The first kappa shape index (κ1) is 25.9. The molecule has 4 rings (SSSR count). The van der Waals surface area contributed by atoms with Crippen LogP contribution in [0.3, 0.4) is 0 Å². The maximum absolute atomic E-state index is 12.4. The molecule has 0 saturated heterocycles. The first-order valence-corrected chi connectivity index (χ1v) is 15.3. The topological polar surface area (TPSA) is 49.3 Å². The van der Waals surface area contributed by atoms with Gasteiger partial charge >= 0.3 is 0 Å². The Labute approximate surface area is 208 Å². The molecule has 0 aromatic heterocycles. The molecule has 4 saturated carbocycles. The van der Waals surface area contributed by atoms with E-state index in [0.29, 0.717) is 39.9 Å². The molecule has 0 bridgehead atoms. The van der Waals surface area contributed by atoms with Crippen LogP contribution in [0.15, 0.2) is 0 Å². The summed E-state index contributed by atoms with van der Waals surface area (Å²) >= 11 is 1.79. The Balaban J connectivity index is 1.48. The molecule has 4 heteroatoms. The fourth-order valence-electron chi connectivity index (χ4n) is 9.78. The quantitative estimate of drug-likeness (QED) is 0.402. The van der Waals surface area contributed by atoms with Crippen LogP contribution in [0.2, 0.25) is 0 Å². The third kappa shape index (κ3) is 4.02. The van der Waals surface area contributed by atoms with E-state index in [0.717, 1.165) is 43.4 Å². The SMILES string of the molecule is CSCCNC(=O)CC[C@@H](C)[C@@]1(C)CC[C@H]2[C@@H]3CC[C@@H]4C[C@H](O)CC[C@]4(C)[C@@]3(C)CC[C@@]21C. The van der Waals surface area contributed by atoms with E-state index < -0.39 is 0 Å². The maximum Gasteiger partial charge on any atom is 0.220 e. The van der Waals surface area contributed by atoms with E-state index in [1.807, 2.05) is 0 Å². The second-order valence-electron chi connectivity index (χ2n) is 13.4. The minimum atomic E-state index is -0.0642. The van der Waals surface area contributed by atoms with Gasteiger partial charge in [0.2, 0.25) is 5.91 Å². The molecular weight excluding hydrogens is 426 g/mol. The third-order valence-corrected chi connectivity index (χ3v) is 13.3. The van der Waals surface area contributed by atoms with Crippen LogP contribution in [-0.2, 0) is 4.79 Å². The monoisotopic (exact) mass is 477 g/mol. The lowest BCUT2D eigenvalue weighted by molar-refractivity contribution is -0.195. The Hall–Kier alpha value is -0.220. The molecule has 2 N–H and O–H groups in total. The number of amides is 1. The average molecular weight is 478 g/mol. The molecule has 0 spiro atoms. The number of carbonyl (C=O) groups excluding carboxylic acids is 1. The maximum atomic E-state index is 12.4. The molecule has 0 heterocycles. The summed E-state index contributed by atoms with van der Waals surface area (Å²) in [6.45, 7) is 13.7.